The van der Waals surface area contributed by atoms with Gasteiger partial charge in [0, 0.05) is 6.42 Å². The van der Waals surface area contributed by atoms with Gasteiger partial charge in [-0.3, -0.25) is 0 Å². The van der Waals surface area contributed by atoms with Gasteiger partial charge in [-0.2, -0.15) is 0 Å². The molecular weight excluding hydrogens is 321 g/mol. The van der Waals surface area contributed by atoms with Crippen LogP contribution in [0, 0.1) is 11.7 Å². The van der Waals surface area contributed by atoms with Crippen LogP contribution in [0.3, 0.4) is 0 Å². The molecule has 2 aliphatic rings. The van der Waals surface area contributed by atoms with Gasteiger partial charge >= 0.3 is 0 Å². The van der Waals surface area contributed by atoms with Crippen molar-refractivity contribution < 1.29 is 22.3 Å². The average Bonchev–Trinajstić information content (AvgIpc) is 3.40. The molecule has 3 rings (SSSR count). The summed E-state index contributed by atoms with van der Waals surface area (Å²) in [6.07, 6.45) is 4.08. The topological polar surface area (TPSA) is 72.5 Å². The van der Waals surface area contributed by atoms with Crippen molar-refractivity contribution in [3.05, 3.63) is 29.6 Å². The van der Waals surface area contributed by atoms with E-state index in [2.05, 4.69) is 4.72 Å². The molecule has 2 fully saturated rings. The first-order valence-electron chi connectivity index (χ1n) is 7.82. The molecule has 2 saturated carbocycles. The Kier molecular flexibility index (Phi) is 4.42. The van der Waals surface area contributed by atoms with Gasteiger partial charge in [0.2, 0.25) is 10.0 Å². The lowest BCUT2D eigenvalue weighted by Crippen LogP contribution is -2.36. The number of ether oxygens (including phenoxy) is 1. The van der Waals surface area contributed by atoms with Crippen LogP contribution >= 0.6 is 0 Å². The minimum atomic E-state index is -3.54. The number of benzene rings is 1. The highest BCUT2D eigenvalue weighted by Crippen LogP contribution is 2.47. The monoisotopic (exact) mass is 341 g/mol. The van der Waals surface area contributed by atoms with Crippen LogP contribution in [0.4, 0.5) is 4.39 Å². The van der Waals surface area contributed by atoms with Gasteiger partial charge in [-0.15, -0.1) is 0 Å². The fourth-order valence-corrected chi connectivity index (χ4v) is 3.96. The number of carbonyl (C=O) groups is 1. The molecule has 0 bridgehead atoms. The van der Waals surface area contributed by atoms with Crippen LogP contribution in [0.15, 0.2) is 18.2 Å². The second-order valence-corrected chi connectivity index (χ2v) is 8.20. The van der Waals surface area contributed by atoms with E-state index in [1.165, 1.54) is 6.07 Å². The van der Waals surface area contributed by atoms with E-state index in [1.54, 1.807) is 12.1 Å². The molecule has 1 aromatic rings. The number of sulfonamides is 1. The highest BCUT2D eigenvalue weighted by atomic mass is 32.2. The van der Waals surface area contributed by atoms with Crippen LogP contribution in [0.2, 0.25) is 0 Å². The molecule has 126 valence electrons. The molecule has 0 atom stereocenters. The number of carbonyl (C=O) groups excluding carboxylic acids is 1. The maximum absolute atomic E-state index is 13.9. The van der Waals surface area contributed by atoms with Crippen LogP contribution < -0.4 is 9.46 Å². The van der Waals surface area contributed by atoms with Crippen molar-refractivity contribution in [3.8, 4) is 5.75 Å². The first-order chi connectivity index (χ1) is 10.9. The van der Waals surface area contributed by atoms with Gasteiger partial charge in [0.15, 0.2) is 11.6 Å². The van der Waals surface area contributed by atoms with Crippen molar-refractivity contribution in [2.45, 2.75) is 37.6 Å². The Labute approximate surface area is 135 Å². The van der Waals surface area contributed by atoms with Crippen LogP contribution in [0.5, 0.6) is 5.75 Å². The zero-order chi connectivity index (χ0) is 16.5. The van der Waals surface area contributed by atoms with E-state index >= 15 is 0 Å². The Bertz CT molecular complexity index is 696. The number of hydrogen-bond acceptors (Lipinski definition) is 4. The third kappa shape index (κ3) is 4.09. The van der Waals surface area contributed by atoms with Crippen molar-refractivity contribution in [2.24, 2.45) is 5.92 Å². The summed E-state index contributed by atoms with van der Waals surface area (Å²) in [5.74, 6) is 0.0152. The third-order valence-corrected chi connectivity index (χ3v) is 5.74. The third-order valence-electron chi connectivity index (χ3n) is 4.26. The zero-order valence-corrected chi connectivity index (χ0v) is 13.6. The highest BCUT2D eigenvalue weighted by Gasteiger charge is 2.47. The fraction of sp³-hybridized carbons (Fsp3) is 0.562. The van der Waals surface area contributed by atoms with Gasteiger partial charge in [0.1, 0.15) is 6.29 Å². The molecule has 0 spiro atoms. The van der Waals surface area contributed by atoms with Crippen molar-refractivity contribution >= 4 is 16.3 Å². The summed E-state index contributed by atoms with van der Waals surface area (Å²) in [5.41, 5.74) is 0.0204. The average molecular weight is 341 g/mol. The molecule has 1 N–H and O–H groups in total. The summed E-state index contributed by atoms with van der Waals surface area (Å²) in [6, 6.07) is 4.50. The van der Waals surface area contributed by atoms with E-state index in [0.717, 1.165) is 12.8 Å². The van der Waals surface area contributed by atoms with E-state index in [0.29, 0.717) is 37.2 Å². The Morgan fingerprint density at radius 3 is 2.70 bits per heavy atom. The van der Waals surface area contributed by atoms with Crippen molar-refractivity contribution in [1.82, 2.24) is 4.72 Å². The Morgan fingerprint density at radius 2 is 2.09 bits per heavy atom. The smallest absolute Gasteiger partial charge is 0.212 e. The SMILES string of the molecule is O=CCCS(=O)(=O)NC1(c2ccc(F)c(OCC3CC3)c2)CC1. The first kappa shape index (κ1) is 16.4. The second-order valence-electron chi connectivity index (χ2n) is 6.36. The molecule has 0 radical (unpaired) electrons. The normalized spacial score (nSPS) is 19.3. The Morgan fingerprint density at radius 1 is 1.35 bits per heavy atom. The molecule has 0 aromatic heterocycles. The van der Waals surface area contributed by atoms with Gasteiger partial charge in [0.05, 0.1) is 17.9 Å². The van der Waals surface area contributed by atoms with E-state index in [4.69, 9.17) is 4.74 Å². The molecule has 0 saturated heterocycles. The second kappa shape index (κ2) is 6.20. The molecule has 7 heteroatoms. The Balaban J connectivity index is 1.74. The number of hydrogen-bond donors (Lipinski definition) is 1. The molecular formula is C16H20FNO4S. The summed E-state index contributed by atoms with van der Waals surface area (Å²) >= 11 is 0. The summed E-state index contributed by atoms with van der Waals surface area (Å²) < 4.78 is 46.1. The lowest BCUT2D eigenvalue weighted by atomic mass is 10.1. The number of rotatable bonds is 9. The largest absolute Gasteiger partial charge is 0.490 e. The van der Waals surface area contributed by atoms with E-state index in [1.807, 2.05) is 0 Å². The summed E-state index contributed by atoms with van der Waals surface area (Å²) in [6.45, 7) is 0.498. The van der Waals surface area contributed by atoms with Gasteiger partial charge in [0.25, 0.3) is 0 Å². The molecule has 0 amide bonds. The van der Waals surface area contributed by atoms with Gasteiger partial charge in [-0.1, -0.05) is 6.07 Å². The van der Waals surface area contributed by atoms with E-state index in [-0.39, 0.29) is 17.9 Å². The molecule has 2 aliphatic carbocycles. The first-order valence-corrected chi connectivity index (χ1v) is 9.47. The van der Waals surface area contributed by atoms with Crippen LogP contribution in [-0.2, 0) is 20.4 Å². The molecule has 5 nitrogen and oxygen atoms in total. The van der Waals surface area contributed by atoms with Crippen LogP contribution in [0.25, 0.3) is 0 Å². The zero-order valence-electron chi connectivity index (χ0n) is 12.8. The number of nitrogens with one attached hydrogen (secondary N) is 1. The fourth-order valence-electron chi connectivity index (χ4n) is 2.53. The van der Waals surface area contributed by atoms with E-state index in [9.17, 15) is 17.6 Å². The summed E-state index contributed by atoms with van der Waals surface area (Å²) in [4.78, 5) is 10.4. The predicted octanol–water partition coefficient (Wildman–Crippen LogP) is 2.11. The lowest BCUT2D eigenvalue weighted by molar-refractivity contribution is -0.107. The van der Waals surface area contributed by atoms with Crippen LogP contribution in [-0.4, -0.2) is 27.1 Å². The van der Waals surface area contributed by atoms with E-state index < -0.39 is 21.4 Å². The predicted molar refractivity (Wildman–Crippen MR) is 83.1 cm³/mol. The highest BCUT2D eigenvalue weighted by molar-refractivity contribution is 7.89. The van der Waals surface area contributed by atoms with Crippen molar-refractivity contribution in [3.63, 3.8) is 0 Å². The molecule has 23 heavy (non-hydrogen) atoms. The number of halogens is 1. The molecule has 0 heterocycles. The quantitative estimate of drug-likeness (QED) is 0.698. The summed E-state index contributed by atoms with van der Waals surface area (Å²) in [5, 5.41) is 0. The molecule has 1 aromatic carbocycles. The van der Waals surface area contributed by atoms with Gasteiger partial charge in [-0.05, 0) is 49.3 Å². The minimum absolute atomic E-state index is 0.0371. The maximum Gasteiger partial charge on any atom is 0.212 e. The maximum atomic E-state index is 13.9. The van der Waals surface area contributed by atoms with Crippen LogP contribution in [0.1, 0.15) is 37.7 Å². The summed E-state index contributed by atoms with van der Waals surface area (Å²) in [7, 11) is -3.54. The lowest BCUT2D eigenvalue weighted by Gasteiger charge is -2.19. The minimum Gasteiger partial charge on any atom is -0.490 e. The van der Waals surface area contributed by atoms with Crippen molar-refractivity contribution in [1.29, 1.82) is 0 Å². The molecule has 0 unspecified atom stereocenters. The standard InChI is InChI=1S/C16H20FNO4S/c17-14-5-4-13(10-15(14)22-11-12-2-3-12)16(6-7-16)18-23(20,21)9-1-8-19/h4-5,8,10,12,18H,1-3,6-7,9,11H2. The number of aldehydes is 1. The van der Waals surface area contributed by atoms with Crippen molar-refractivity contribution in [2.75, 3.05) is 12.4 Å². The van der Waals surface area contributed by atoms with Gasteiger partial charge in [-0.25, -0.2) is 17.5 Å². The van der Waals surface area contributed by atoms with Gasteiger partial charge < -0.3 is 9.53 Å². The Hall–Kier alpha value is -1.47. The molecule has 0 aliphatic heterocycles.